The highest BCUT2D eigenvalue weighted by atomic mass is 32.2. The number of thioether (sulfide) groups is 1. The van der Waals surface area contributed by atoms with E-state index in [9.17, 15) is 4.79 Å². The van der Waals surface area contributed by atoms with E-state index in [0.29, 0.717) is 34.8 Å². The maximum atomic E-state index is 12.8. The minimum Gasteiger partial charge on any atom is -0.496 e. The molecule has 0 radical (unpaired) electrons. The van der Waals surface area contributed by atoms with Crippen molar-refractivity contribution in [1.29, 1.82) is 0 Å². The van der Waals surface area contributed by atoms with E-state index < -0.39 is 0 Å². The average Bonchev–Trinajstić information content (AvgIpc) is 3.41. The molecule has 8 heteroatoms. The van der Waals surface area contributed by atoms with E-state index in [4.69, 9.17) is 9.15 Å². The Balaban J connectivity index is 1.57. The number of carbonyl (C=O) groups excluding carboxylic acids is 1. The number of hydrogen-bond acceptors (Lipinski definition) is 7. The molecule has 1 aromatic carbocycles. The number of anilines is 1. The highest BCUT2D eigenvalue weighted by Gasteiger charge is 2.27. The first kappa shape index (κ1) is 21.5. The van der Waals surface area contributed by atoms with Crippen LogP contribution >= 0.6 is 11.8 Å². The van der Waals surface area contributed by atoms with Gasteiger partial charge < -0.3 is 14.1 Å². The van der Waals surface area contributed by atoms with Crippen molar-refractivity contribution in [2.75, 3.05) is 30.9 Å². The monoisotopic (exact) mass is 440 g/mol. The van der Waals surface area contributed by atoms with Gasteiger partial charge in [-0.05, 0) is 42.5 Å². The molecule has 7 nitrogen and oxygen atoms in total. The van der Waals surface area contributed by atoms with Gasteiger partial charge in [-0.15, -0.1) is 10.2 Å². The van der Waals surface area contributed by atoms with Gasteiger partial charge in [0.1, 0.15) is 11.5 Å². The molecule has 1 saturated heterocycles. The Morgan fingerprint density at radius 1 is 1.16 bits per heavy atom. The molecule has 1 aliphatic heterocycles. The Hall–Kier alpha value is -2.74. The fraction of sp³-hybridized carbons (Fsp3) is 0.435. The number of furan rings is 1. The van der Waals surface area contributed by atoms with Crippen molar-refractivity contribution in [3.8, 4) is 5.75 Å². The van der Waals surface area contributed by atoms with Crippen LogP contribution in [0.2, 0.25) is 0 Å². The molecule has 164 valence electrons. The van der Waals surface area contributed by atoms with Crippen molar-refractivity contribution in [2.45, 2.75) is 32.0 Å². The van der Waals surface area contributed by atoms with Crippen LogP contribution in [0.4, 0.5) is 5.95 Å². The number of para-hydroxylation sites is 1. The van der Waals surface area contributed by atoms with E-state index in [1.165, 1.54) is 18.2 Å². The topological polar surface area (TPSA) is 73.4 Å². The van der Waals surface area contributed by atoms with E-state index >= 15 is 0 Å². The number of nitrogens with zero attached hydrogens (tertiary/aromatic N) is 4. The molecule has 0 amide bonds. The smallest absolute Gasteiger partial charge is 0.228 e. The van der Waals surface area contributed by atoms with E-state index in [-0.39, 0.29) is 11.5 Å². The zero-order valence-corrected chi connectivity index (χ0v) is 19.0. The summed E-state index contributed by atoms with van der Waals surface area (Å²) in [4.78, 5) is 15.1. The summed E-state index contributed by atoms with van der Waals surface area (Å²) >= 11 is 1.39. The lowest BCUT2D eigenvalue weighted by Gasteiger charge is -2.35. The zero-order valence-electron chi connectivity index (χ0n) is 18.2. The van der Waals surface area contributed by atoms with Crippen LogP contribution in [0.25, 0.3) is 0 Å². The molecule has 3 heterocycles. The molecule has 2 atom stereocenters. The molecular formula is C23H28N4O3S. The van der Waals surface area contributed by atoms with Crippen LogP contribution in [-0.2, 0) is 6.54 Å². The fourth-order valence-corrected chi connectivity index (χ4v) is 5.04. The van der Waals surface area contributed by atoms with Crippen LogP contribution in [0, 0.1) is 11.8 Å². The van der Waals surface area contributed by atoms with Gasteiger partial charge in [0.25, 0.3) is 0 Å². The van der Waals surface area contributed by atoms with Crippen LogP contribution in [0.5, 0.6) is 5.75 Å². The number of piperidine rings is 1. The lowest BCUT2D eigenvalue weighted by atomic mass is 9.92. The highest BCUT2D eigenvalue weighted by molar-refractivity contribution is 7.99. The molecule has 2 aromatic heterocycles. The van der Waals surface area contributed by atoms with Crippen molar-refractivity contribution in [3.05, 3.63) is 54.0 Å². The Morgan fingerprint density at radius 2 is 1.94 bits per heavy atom. The van der Waals surface area contributed by atoms with Gasteiger partial charge in [-0.3, -0.25) is 9.36 Å². The van der Waals surface area contributed by atoms with Gasteiger partial charge in [0, 0.05) is 13.1 Å². The molecular weight excluding hydrogens is 412 g/mol. The molecule has 0 N–H and O–H groups in total. The number of methoxy groups -OCH3 is 1. The molecule has 3 aromatic rings. The summed E-state index contributed by atoms with van der Waals surface area (Å²) < 4.78 is 13.0. The average molecular weight is 441 g/mol. The van der Waals surface area contributed by atoms with Crippen molar-refractivity contribution < 1.29 is 13.9 Å². The van der Waals surface area contributed by atoms with Gasteiger partial charge in [0.05, 0.1) is 31.2 Å². The van der Waals surface area contributed by atoms with Crippen molar-refractivity contribution in [1.82, 2.24) is 14.8 Å². The fourth-order valence-electron chi connectivity index (χ4n) is 4.23. The third-order valence-electron chi connectivity index (χ3n) is 5.48. The molecule has 0 bridgehead atoms. The lowest BCUT2D eigenvalue weighted by Crippen LogP contribution is -2.40. The third kappa shape index (κ3) is 4.95. The SMILES string of the molecule is COc1ccccc1C(=O)CSc1nnc(N2CC(C)CC(C)C2)n1Cc1ccco1. The first-order valence-corrected chi connectivity index (χ1v) is 11.5. The largest absolute Gasteiger partial charge is 0.496 e. The van der Waals surface area contributed by atoms with Gasteiger partial charge in [-0.1, -0.05) is 37.7 Å². The van der Waals surface area contributed by atoms with Crippen LogP contribution in [-0.4, -0.2) is 46.5 Å². The number of ether oxygens (including phenoxy) is 1. The second-order valence-corrected chi connectivity index (χ2v) is 9.15. The highest BCUT2D eigenvalue weighted by Crippen LogP contribution is 2.30. The maximum absolute atomic E-state index is 12.8. The Bertz CT molecular complexity index is 1010. The lowest BCUT2D eigenvalue weighted by molar-refractivity contribution is 0.101. The summed E-state index contributed by atoms with van der Waals surface area (Å²) in [5.41, 5.74) is 0.577. The van der Waals surface area contributed by atoms with Gasteiger partial charge >= 0.3 is 0 Å². The molecule has 4 rings (SSSR count). The molecule has 0 aliphatic carbocycles. The van der Waals surface area contributed by atoms with Crippen molar-refractivity contribution >= 4 is 23.5 Å². The minimum absolute atomic E-state index is 0.00299. The predicted octanol–water partition coefficient (Wildman–Crippen LogP) is 4.39. The van der Waals surface area contributed by atoms with Gasteiger partial charge in [0.2, 0.25) is 5.95 Å². The maximum Gasteiger partial charge on any atom is 0.228 e. The minimum atomic E-state index is -0.00299. The molecule has 2 unspecified atom stereocenters. The van der Waals surface area contributed by atoms with Crippen molar-refractivity contribution in [2.24, 2.45) is 11.8 Å². The van der Waals surface area contributed by atoms with E-state index in [1.54, 1.807) is 25.5 Å². The number of aromatic nitrogens is 3. The van der Waals surface area contributed by atoms with Gasteiger partial charge in [-0.2, -0.15) is 0 Å². The zero-order chi connectivity index (χ0) is 21.8. The number of carbonyl (C=O) groups is 1. The first-order chi connectivity index (χ1) is 15.0. The molecule has 0 spiro atoms. The Labute approximate surface area is 186 Å². The Kier molecular flexibility index (Phi) is 6.65. The first-order valence-electron chi connectivity index (χ1n) is 10.5. The second kappa shape index (κ2) is 9.60. The number of rotatable bonds is 8. The number of Topliss-reactive ketones (excluding diaryl/α,β-unsaturated/α-hetero) is 1. The number of hydrogen-bond donors (Lipinski definition) is 0. The van der Waals surface area contributed by atoms with Crippen LogP contribution in [0.3, 0.4) is 0 Å². The van der Waals surface area contributed by atoms with Crippen LogP contribution < -0.4 is 9.64 Å². The summed E-state index contributed by atoms with van der Waals surface area (Å²) in [6.45, 7) is 6.98. The predicted molar refractivity (Wildman–Crippen MR) is 121 cm³/mol. The number of ketones is 1. The normalized spacial score (nSPS) is 18.9. The second-order valence-electron chi connectivity index (χ2n) is 8.21. The Morgan fingerprint density at radius 3 is 2.65 bits per heavy atom. The van der Waals surface area contributed by atoms with Gasteiger partial charge in [-0.25, -0.2) is 0 Å². The summed E-state index contributed by atoms with van der Waals surface area (Å²) in [5, 5.41) is 9.66. The summed E-state index contributed by atoms with van der Waals surface area (Å²) in [7, 11) is 1.58. The van der Waals surface area contributed by atoms with E-state index in [2.05, 4.69) is 33.5 Å². The van der Waals surface area contributed by atoms with Crippen molar-refractivity contribution in [3.63, 3.8) is 0 Å². The summed E-state index contributed by atoms with van der Waals surface area (Å²) in [6.07, 6.45) is 2.89. The number of benzene rings is 1. The van der Waals surface area contributed by atoms with E-state index in [1.807, 2.05) is 24.3 Å². The molecule has 31 heavy (non-hydrogen) atoms. The summed E-state index contributed by atoms with van der Waals surface area (Å²) in [5.74, 6) is 3.70. The van der Waals surface area contributed by atoms with E-state index in [0.717, 1.165) is 24.8 Å². The molecule has 0 saturated carbocycles. The third-order valence-corrected chi connectivity index (χ3v) is 6.45. The van der Waals surface area contributed by atoms with Crippen LogP contribution in [0.15, 0.2) is 52.2 Å². The summed E-state index contributed by atoms with van der Waals surface area (Å²) in [6, 6.07) is 11.1. The molecule has 1 fully saturated rings. The van der Waals surface area contributed by atoms with Crippen LogP contribution in [0.1, 0.15) is 36.4 Å². The van der Waals surface area contributed by atoms with Gasteiger partial charge in [0.15, 0.2) is 10.9 Å². The molecule has 1 aliphatic rings. The quantitative estimate of drug-likeness (QED) is 0.380. The standard InChI is InChI=1S/C23H28N4O3S/c1-16-11-17(2)13-26(12-16)22-24-25-23(27(22)14-18-7-6-10-30-18)31-15-20(28)19-8-4-5-9-21(19)29-3/h4-10,16-17H,11-15H2,1-3H3.